The summed E-state index contributed by atoms with van der Waals surface area (Å²) >= 11 is 0. The van der Waals surface area contributed by atoms with Crippen molar-refractivity contribution in [1.82, 2.24) is 0 Å². The summed E-state index contributed by atoms with van der Waals surface area (Å²) in [7, 11) is 0.173. The van der Waals surface area contributed by atoms with E-state index in [0.29, 0.717) is 5.46 Å². The van der Waals surface area contributed by atoms with Gasteiger partial charge in [0.25, 0.3) is 0 Å². The van der Waals surface area contributed by atoms with Crippen LogP contribution in [0.5, 0.6) is 5.75 Å². The lowest BCUT2D eigenvalue weighted by atomic mass is 9.72. The minimum absolute atomic E-state index is 0.551. The van der Waals surface area contributed by atoms with Crippen LogP contribution in [-0.4, -0.2) is 24.3 Å². The maximum atomic E-state index is 10.3. The van der Waals surface area contributed by atoms with Gasteiger partial charge in [0.1, 0.15) is 5.75 Å². The zero-order chi connectivity index (χ0) is 59.0. The van der Waals surface area contributed by atoms with Gasteiger partial charge in [-0.1, -0.05) is 296 Å². The van der Waals surface area contributed by atoms with Crippen LogP contribution in [0.3, 0.4) is 0 Å². The standard InChI is InChI=1S/C41H28O.C30H21BO2.C12H12/c1-42-31-22-21-27-19-20-29(25-30(27)26-31)40-35-15-7-9-17-37(35)41(38-18-10-8-16-36(38)40)39-24-23-32(28-11-3-2-4-12-28)33-13-5-6-14-34(33)39;32-31(33)30-27-16-8-6-14-24(27)29(25-15-7-9-17-28(25)30)26-19-18-21(20-10-2-1-3-11-20)22-12-4-5-13-23(22)26;1-9-3-5-11-6-4-10(2)8-12(11)7-9/h2-26H,1H3;1-19,32-33H;3-8H,1-2H3. The van der Waals surface area contributed by atoms with E-state index in [2.05, 4.69) is 269 Å². The number of aryl methyl sites for hydroxylation is 2. The maximum absolute atomic E-state index is 10.3. The molecule has 4 heteroatoms. The van der Waals surface area contributed by atoms with Crippen molar-refractivity contribution in [2.45, 2.75) is 13.8 Å². The van der Waals surface area contributed by atoms with E-state index >= 15 is 0 Å². The zero-order valence-corrected chi connectivity index (χ0v) is 48.7. The first-order valence-corrected chi connectivity index (χ1v) is 29.7. The van der Waals surface area contributed by atoms with Gasteiger partial charge in [0.2, 0.25) is 0 Å². The molecule has 0 radical (unpaired) electrons. The van der Waals surface area contributed by atoms with E-state index in [-0.39, 0.29) is 0 Å². The second kappa shape index (κ2) is 23.4. The average molecular weight is 1120 g/mol. The second-order valence-electron chi connectivity index (χ2n) is 22.5. The van der Waals surface area contributed by atoms with E-state index in [1.807, 2.05) is 48.5 Å². The normalized spacial score (nSPS) is 11.3. The fraction of sp³-hybridized carbons (Fsp3) is 0.0361. The molecule has 0 atom stereocenters. The largest absolute Gasteiger partial charge is 0.497 e. The van der Waals surface area contributed by atoms with Crippen LogP contribution in [0.2, 0.25) is 0 Å². The molecule has 16 aromatic rings. The number of rotatable bonds is 7. The summed E-state index contributed by atoms with van der Waals surface area (Å²) in [6.45, 7) is 4.25. The predicted octanol–water partition coefficient (Wildman–Crippen LogP) is 20.9. The van der Waals surface area contributed by atoms with Gasteiger partial charge >= 0.3 is 7.12 Å². The highest BCUT2D eigenvalue weighted by molar-refractivity contribution is 6.66. The number of fused-ring (bicyclic) bond motifs is 8. The Kier molecular flexibility index (Phi) is 14.6. The van der Waals surface area contributed by atoms with Crippen molar-refractivity contribution in [3.63, 3.8) is 0 Å². The number of ether oxygens (including phenoxy) is 1. The summed E-state index contributed by atoms with van der Waals surface area (Å²) in [5.41, 5.74) is 15.3. The molecule has 16 rings (SSSR count). The Hall–Kier alpha value is -10.6. The minimum Gasteiger partial charge on any atom is -0.497 e. The lowest BCUT2D eigenvalue weighted by molar-refractivity contribution is 0.415. The molecule has 2 N–H and O–H groups in total. The summed E-state index contributed by atoms with van der Waals surface area (Å²) in [6, 6.07) is 107. The van der Waals surface area contributed by atoms with Gasteiger partial charge in [-0.2, -0.15) is 0 Å². The molecular formula is C83H61BO3. The van der Waals surface area contributed by atoms with Gasteiger partial charge in [-0.3, -0.25) is 0 Å². The highest BCUT2D eigenvalue weighted by atomic mass is 16.5. The lowest BCUT2D eigenvalue weighted by Gasteiger charge is -2.20. The molecule has 3 nitrogen and oxygen atoms in total. The molecule has 0 aliphatic rings. The summed E-state index contributed by atoms with van der Waals surface area (Å²) in [6.07, 6.45) is 0. The molecule has 0 amide bonds. The maximum Gasteiger partial charge on any atom is 0.489 e. The topological polar surface area (TPSA) is 49.7 Å². The molecule has 0 unspecified atom stereocenters. The van der Waals surface area contributed by atoms with Crippen molar-refractivity contribution >= 4 is 98.8 Å². The Morgan fingerprint density at radius 1 is 0.253 bits per heavy atom. The van der Waals surface area contributed by atoms with E-state index < -0.39 is 7.12 Å². The molecule has 87 heavy (non-hydrogen) atoms. The van der Waals surface area contributed by atoms with Gasteiger partial charge in [-0.15, -0.1) is 0 Å². The monoisotopic (exact) mass is 1120 g/mol. The molecule has 0 aromatic heterocycles. The fourth-order valence-corrected chi connectivity index (χ4v) is 13.2. The molecule has 0 aliphatic carbocycles. The molecule has 0 fully saturated rings. The fourth-order valence-electron chi connectivity index (χ4n) is 13.2. The lowest BCUT2D eigenvalue weighted by Crippen LogP contribution is -2.31. The molecule has 0 saturated heterocycles. The van der Waals surface area contributed by atoms with Gasteiger partial charge in [0, 0.05) is 0 Å². The Balaban J connectivity index is 0.000000131. The molecule has 0 bridgehead atoms. The second-order valence-corrected chi connectivity index (χ2v) is 22.5. The Morgan fingerprint density at radius 3 is 0.989 bits per heavy atom. The van der Waals surface area contributed by atoms with Gasteiger partial charge in [0.15, 0.2) is 0 Å². The van der Waals surface area contributed by atoms with E-state index in [1.54, 1.807) is 7.11 Å². The van der Waals surface area contributed by atoms with Crippen molar-refractivity contribution in [1.29, 1.82) is 0 Å². The highest BCUT2D eigenvalue weighted by Crippen LogP contribution is 2.47. The zero-order valence-electron chi connectivity index (χ0n) is 48.7. The van der Waals surface area contributed by atoms with Crippen molar-refractivity contribution in [2.24, 2.45) is 0 Å². The molecular weight excluding hydrogens is 1060 g/mol. The summed E-state index contributed by atoms with van der Waals surface area (Å²) in [5, 5.41) is 39.2. The van der Waals surface area contributed by atoms with Crippen LogP contribution >= 0.6 is 0 Å². The van der Waals surface area contributed by atoms with Crippen LogP contribution in [0, 0.1) is 13.8 Å². The quantitative estimate of drug-likeness (QED) is 0.124. The van der Waals surface area contributed by atoms with Crippen molar-refractivity contribution < 1.29 is 14.8 Å². The SMILES string of the molecule is COc1ccc2ccc(-c3c4ccccc4c(-c4ccc(-c5ccccc5)c5ccccc45)c4ccccc34)cc2c1.Cc1ccc2ccc(C)cc2c1.OB(O)c1c2ccccc2c(-c2ccc(-c3ccccc3)c3ccccc23)c2ccccc12. The molecule has 0 heterocycles. The third-order valence-corrected chi connectivity index (χ3v) is 17.2. The van der Waals surface area contributed by atoms with Crippen LogP contribution in [0.25, 0.3) is 142 Å². The first-order chi connectivity index (χ1) is 42.8. The van der Waals surface area contributed by atoms with Crippen LogP contribution in [0.1, 0.15) is 11.1 Å². The number of hydrogen-bond acceptors (Lipinski definition) is 3. The third kappa shape index (κ3) is 10.2. The van der Waals surface area contributed by atoms with Crippen LogP contribution in [-0.2, 0) is 0 Å². The van der Waals surface area contributed by atoms with E-state index in [1.165, 1.54) is 120 Å². The van der Waals surface area contributed by atoms with Crippen LogP contribution < -0.4 is 10.2 Å². The van der Waals surface area contributed by atoms with Crippen LogP contribution in [0.15, 0.2) is 303 Å². The molecule has 0 aliphatic heterocycles. The Morgan fingerprint density at radius 2 is 0.575 bits per heavy atom. The van der Waals surface area contributed by atoms with Gasteiger partial charge in [-0.25, -0.2) is 0 Å². The predicted molar refractivity (Wildman–Crippen MR) is 372 cm³/mol. The molecule has 0 spiro atoms. The average Bonchev–Trinajstić information content (AvgIpc) is 0.971. The highest BCUT2D eigenvalue weighted by Gasteiger charge is 2.24. The van der Waals surface area contributed by atoms with Gasteiger partial charge in [0.05, 0.1) is 7.11 Å². The van der Waals surface area contributed by atoms with Gasteiger partial charge in [-0.05, 0) is 179 Å². The van der Waals surface area contributed by atoms with E-state index in [9.17, 15) is 10.0 Å². The number of methoxy groups -OCH3 is 1. The molecule has 0 saturated carbocycles. The van der Waals surface area contributed by atoms with Crippen molar-refractivity contribution in [3.8, 4) is 61.4 Å². The Bertz CT molecular complexity index is 5110. The van der Waals surface area contributed by atoms with E-state index in [4.69, 9.17) is 4.74 Å². The number of hydrogen-bond donors (Lipinski definition) is 2. The summed E-state index contributed by atoms with van der Waals surface area (Å²) in [4.78, 5) is 0. The third-order valence-electron chi connectivity index (χ3n) is 17.2. The molecule has 16 aromatic carbocycles. The Labute approximate surface area is 507 Å². The van der Waals surface area contributed by atoms with Crippen LogP contribution in [0.4, 0.5) is 0 Å². The van der Waals surface area contributed by atoms with Gasteiger partial charge < -0.3 is 14.8 Å². The minimum atomic E-state index is -1.55. The van der Waals surface area contributed by atoms with Crippen molar-refractivity contribution in [3.05, 3.63) is 314 Å². The van der Waals surface area contributed by atoms with Crippen molar-refractivity contribution in [2.75, 3.05) is 7.11 Å². The summed E-state index contributed by atoms with van der Waals surface area (Å²) < 4.78 is 5.54. The number of benzene rings is 16. The first kappa shape index (κ1) is 54.3. The first-order valence-electron chi connectivity index (χ1n) is 29.7. The smallest absolute Gasteiger partial charge is 0.489 e. The molecule has 414 valence electrons. The summed E-state index contributed by atoms with van der Waals surface area (Å²) in [5.74, 6) is 0.871. The van der Waals surface area contributed by atoms with E-state index in [0.717, 1.165) is 38.4 Å².